The number of carbonyl (C=O) groups excluding carboxylic acids is 1. The van der Waals surface area contributed by atoms with Crippen molar-refractivity contribution in [1.29, 1.82) is 0 Å². The normalized spacial score (nSPS) is 13.5. The van der Waals surface area contributed by atoms with Crippen molar-refractivity contribution in [2.45, 2.75) is 76.7 Å². The molecule has 1 aliphatic rings. The molecule has 1 atom stereocenters. The summed E-state index contributed by atoms with van der Waals surface area (Å²) in [4.78, 5) is 12.2. The second-order valence-electron chi connectivity index (χ2n) is 8.62. The predicted octanol–water partition coefficient (Wildman–Crippen LogP) is 6.42. The maximum atomic E-state index is 12.2. The van der Waals surface area contributed by atoms with Gasteiger partial charge in [-0.15, -0.1) is 0 Å². The number of ether oxygens (including phenoxy) is 1. The largest absolute Gasteiger partial charge is 0.449 e. The summed E-state index contributed by atoms with van der Waals surface area (Å²) in [6, 6.07) is 16.6. The van der Waals surface area contributed by atoms with E-state index in [2.05, 4.69) is 36.5 Å². The molecule has 2 aromatic carbocycles. The minimum atomic E-state index is -0.513. The number of hydrogen-bond acceptors (Lipinski definition) is 3. The highest BCUT2D eigenvalue weighted by Crippen LogP contribution is 2.44. The Bertz CT molecular complexity index is 774. The molecule has 0 bridgehead atoms. The van der Waals surface area contributed by atoms with Gasteiger partial charge in [-0.05, 0) is 28.7 Å². The zero-order valence-corrected chi connectivity index (χ0v) is 18.8. The van der Waals surface area contributed by atoms with Crippen molar-refractivity contribution in [3.05, 3.63) is 59.7 Å². The number of unbranched alkanes of at least 4 members (excludes halogenated alkanes) is 7. The summed E-state index contributed by atoms with van der Waals surface area (Å²) in [7, 11) is 0. The van der Waals surface area contributed by atoms with Crippen LogP contribution in [0.1, 0.15) is 81.8 Å². The van der Waals surface area contributed by atoms with E-state index in [0.29, 0.717) is 6.61 Å². The van der Waals surface area contributed by atoms with E-state index >= 15 is 0 Å². The highest BCUT2D eigenvalue weighted by atomic mass is 16.5. The van der Waals surface area contributed by atoms with Crippen LogP contribution in [0.2, 0.25) is 0 Å². The lowest BCUT2D eigenvalue weighted by atomic mass is 9.98. The molecule has 1 unspecified atom stereocenters. The van der Waals surface area contributed by atoms with E-state index in [9.17, 15) is 9.90 Å². The van der Waals surface area contributed by atoms with Crippen LogP contribution in [0.4, 0.5) is 4.79 Å². The molecule has 4 heteroatoms. The molecule has 0 fully saturated rings. The molecule has 0 saturated carbocycles. The SMILES string of the molecule is CCCCCCCCCCC(O)CNC(=O)OCC1c2ccccc2-c2ccccc21. The van der Waals surface area contributed by atoms with Gasteiger partial charge in [0.05, 0.1) is 6.10 Å². The van der Waals surface area contributed by atoms with Crippen LogP contribution in [0.25, 0.3) is 11.1 Å². The fourth-order valence-electron chi connectivity index (χ4n) is 4.47. The van der Waals surface area contributed by atoms with Gasteiger partial charge in [0.2, 0.25) is 0 Å². The van der Waals surface area contributed by atoms with Crippen molar-refractivity contribution in [2.24, 2.45) is 0 Å². The Morgan fingerprint density at radius 3 is 2.06 bits per heavy atom. The van der Waals surface area contributed by atoms with Gasteiger partial charge < -0.3 is 15.2 Å². The van der Waals surface area contributed by atoms with Crippen LogP contribution in [-0.2, 0) is 4.74 Å². The summed E-state index contributed by atoms with van der Waals surface area (Å²) in [6.07, 6.45) is 9.68. The van der Waals surface area contributed by atoms with Gasteiger partial charge in [-0.1, -0.05) is 107 Å². The van der Waals surface area contributed by atoms with Crippen molar-refractivity contribution in [3.63, 3.8) is 0 Å². The molecule has 0 radical (unpaired) electrons. The van der Waals surface area contributed by atoms with Gasteiger partial charge in [0, 0.05) is 12.5 Å². The van der Waals surface area contributed by atoms with Crippen molar-refractivity contribution >= 4 is 6.09 Å². The lowest BCUT2D eigenvalue weighted by Crippen LogP contribution is -2.33. The second kappa shape index (κ2) is 12.5. The van der Waals surface area contributed by atoms with E-state index < -0.39 is 12.2 Å². The molecule has 168 valence electrons. The average molecular weight is 424 g/mol. The Morgan fingerprint density at radius 2 is 1.45 bits per heavy atom. The predicted molar refractivity (Wildman–Crippen MR) is 126 cm³/mol. The highest BCUT2D eigenvalue weighted by molar-refractivity contribution is 5.79. The molecule has 0 spiro atoms. The van der Waals surface area contributed by atoms with E-state index in [0.717, 1.165) is 19.3 Å². The monoisotopic (exact) mass is 423 g/mol. The van der Waals surface area contributed by atoms with Crippen LogP contribution >= 0.6 is 0 Å². The zero-order chi connectivity index (χ0) is 21.9. The van der Waals surface area contributed by atoms with Crippen molar-refractivity contribution < 1.29 is 14.6 Å². The van der Waals surface area contributed by atoms with E-state index in [1.807, 2.05) is 24.3 Å². The number of alkyl carbamates (subject to hydrolysis) is 1. The first-order valence-electron chi connectivity index (χ1n) is 12.0. The number of benzene rings is 2. The second-order valence-corrected chi connectivity index (χ2v) is 8.62. The van der Waals surface area contributed by atoms with Crippen LogP contribution in [0, 0.1) is 0 Å². The summed E-state index contributed by atoms with van der Waals surface area (Å²) >= 11 is 0. The van der Waals surface area contributed by atoms with Crippen LogP contribution in [-0.4, -0.2) is 30.5 Å². The first kappa shape index (κ1) is 23.3. The molecule has 2 aromatic rings. The highest BCUT2D eigenvalue weighted by Gasteiger charge is 2.28. The summed E-state index contributed by atoms with van der Waals surface area (Å²) in [6.45, 7) is 2.78. The maximum absolute atomic E-state index is 12.2. The van der Waals surface area contributed by atoms with Crippen LogP contribution in [0.15, 0.2) is 48.5 Å². The molecule has 31 heavy (non-hydrogen) atoms. The van der Waals surface area contributed by atoms with E-state index in [-0.39, 0.29) is 12.5 Å². The molecule has 2 N–H and O–H groups in total. The molecule has 3 rings (SSSR count). The first-order valence-corrected chi connectivity index (χ1v) is 12.0. The molecule has 0 aliphatic heterocycles. The Hall–Kier alpha value is -2.33. The lowest BCUT2D eigenvalue weighted by Gasteiger charge is -2.16. The summed E-state index contributed by atoms with van der Waals surface area (Å²) in [5.41, 5.74) is 4.83. The molecule has 0 saturated heterocycles. The quantitative estimate of drug-likeness (QED) is 0.366. The smallest absolute Gasteiger partial charge is 0.407 e. The van der Waals surface area contributed by atoms with Gasteiger partial charge in [-0.25, -0.2) is 4.79 Å². The van der Waals surface area contributed by atoms with Gasteiger partial charge in [0.1, 0.15) is 6.61 Å². The van der Waals surface area contributed by atoms with Crippen LogP contribution in [0.5, 0.6) is 0 Å². The fourth-order valence-corrected chi connectivity index (χ4v) is 4.47. The Morgan fingerprint density at radius 1 is 0.903 bits per heavy atom. The minimum absolute atomic E-state index is 0.0559. The standard InChI is InChI=1S/C27H37NO3/c1-2-3-4-5-6-7-8-9-14-21(29)19-28-27(30)31-20-26-24-17-12-10-15-22(24)23-16-11-13-18-25(23)26/h10-13,15-18,21,26,29H,2-9,14,19-20H2,1H3,(H,28,30). The number of hydrogen-bond donors (Lipinski definition) is 2. The molecule has 0 heterocycles. The number of carbonyl (C=O) groups is 1. The number of fused-ring (bicyclic) bond motifs is 3. The molecule has 1 aliphatic carbocycles. The first-order chi connectivity index (χ1) is 15.2. The third-order valence-electron chi connectivity index (χ3n) is 6.22. The number of rotatable bonds is 13. The van der Waals surface area contributed by atoms with Gasteiger partial charge in [-0.3, -0.25) is 0 Å². The number of aliphatic hydroxyl groups is 1. The molecular weight excluding hydrogens is 386 g/mol. The fraction of sp³-hybridized carbons (Fsp3) is 0.519. The van der Waals surface area contributed by atoms with Gasteiger partial charge in [-0.2, -0.15) is 0 Å². The lowest BCUT2D eigenvalue weighted by molar-refractivity contribution is 0.124. The van der Waals surface area contributed by atoms with Crippen molar-refractivity contribution in [3.8, 4) is 11.1 Å². The van der Waals surface area contributed by atoms with Gasteiger partial charge in [0.25, 0.3) is 0 Å². The number of amides is 1. The Labute approximate surface area is 187 Å². The van der Waals surface area contributed by atoms with Gasteiger partial charge >= 0.3 is 6.09 Å². The summed E-state index contributed by atoms with van der Waals surface area (Å²) in [5.74, 6) is 0.0559. The molecule has 0 aromatic heterocycles. The Balaban J connectivity index is 1.34. The zero-order valence-electron chi connectivity index (χ0n) is 18.8. The Kier molecular flexibility index (Phi) is 9.41. The van der Waals surface area contributed by atoms with Crippen LogP contribution in [0.3, 0.4) is 0 Å². The van der Waals surface area contributed by atoms with Gasteiger partial charge in [0.15, 0.2) is 0 Å². The molecule has 4 nitrogen and oxygen atoms in total. The van der Waals surface area contributed by atoms with Crippen molar-refractivity contribution in [2.75, 3.05) is 13.2 Å². The van der Waals surface area contributed by atoms with Crippen molar-refractivity contribution in [1.82, 2.24) is 5.32 Å². The maximum Gasteiger partial charge on any atom is 0.407 e. The average Bonchev–Trinajstić information content (AvgIpc) is 3.12. The molecule has 1 amide bonds. The van der Waals surface area contributed by atoms with Crippen LogP contribution < -0.4 is 5.32 Å². The third-order valence-corrected chi connectivity index (χ3v) is 6.22. The summed E-state index contributed by atoms with van der Waals surface area (Å²) < 4.78 is 5.52. The number of aliphatic hydroxyl groups excluding tert-OH is 1. The third kappa shape index (κ3) is 6.83. The van der Waals surface area contributed by atoms with E-state index in [1.54, 1.807) is 0 Å². The van der Waals surface area contributed by atoms with E-state index in [1.165, 1.54) is 60.8 Å². The topological polar surface area (TPSA) is 58.6 Å². The minimum Gasteiger partial charge on any atom is -0.449 e. The summed E-state index contributed by atoms with van der Waals surface area (Å²) in [5, 5.41) is 12.9. The molecular formula is C27H37NO3. The number of nitrogens with one attached hydrogen (secondary N) is 1. The van der Waals surface area contributed by atoms with E-state index in [4.69, 9.17) is 4.74 Å².